The molecule has 3 N–H and O–H groups in total. The molecule has 0 saturated heterocycles. The number of halogens is 1. The number of hydrazine groups is 1. The lowest BCUT2D eigenvalue weighted by molar-refractivity contribution is 0.0747. The zero-order chi connectivity index (χ0) is 14.4. The van der Waals surface area contributed by atoms with Crippen LogP contribution in [0.15, 0.2) is 12.1 Å². The molecule has 0 radical (unpaired) electrons. The van der Waals surface area contributed by atoms with Gasteiger partial charge in [0.05, 0.1) is 17.0 Å². The van der Waals surface area contributed by atoms with Gasteiger partial charge >= 0.3 is 0 Å². The van der Waals surface area contributed by atoms with Crippen molar-refractivity contribution in [2.24, 2.45) is 11.8 Å². The zero-order valence-electron chi connectivity index (χ0n) is 10.9. The van der Waals surface area contributed by atoms with E-state index in [-0.39, 0.29) is 22.5 Å². The highest BCUT2D eigenvalue weighted by molar-refractivity contribution is 6.33. The van der Waals surface area contributed by atoms with Gasteiger partial charge in [-0.25, -0.2) is 10.8 Å². The molecule has 1 heterocycles. The van der Waals surface area contributed by atoms with E-state index >= 15 is 0 Å². The van der Waals surface area contributed by atoms with Gasteiger partial charge in [0, 0.05) is 13.1 Å². The van der Waals surface area contributed by atoms with Crippen molar-refractivity contribution in [3.63, 3.8) is 0 Å². The number of hydrogen-bond acceptors (Lipinski definition) is 5. The van der Waals surface area contributed by atoms with Crippen LogP contribution in [0.1, 0.15) is 24.3 Å². The highest BCUT2D eigenvalue weighted by Gasteiger charge is 2.20. The van der Waals surface area contributed by atoms with E-state index in [1.165, 1.54) is 4.90 Å². The van der Waals surface area contributed by atoms with Gasteiger partial charge in [-0.3, -0.25) is 4.79 Å². The third-order valence-electron chi connectivity index (χ3n) is 2.58. The molecule has 1 amide bonds. The maximum atomic E-state index is 12.3. The number of nitrogen functional groups attached to an aromatic ring is 1. The van der Waals surface area contributed by atoms with Crippen molar-refractivity contribution in [1.29, 1.82) is 5.26 Å². The first-order valence-electron chi connectivity index (χ1n) is 5.85. The third kappa shape index (κ3) is 3.81. The number of nitriles is 1. The van der Waals surface area contributed by atoms with Crippen LogP contribution in [-0.2, 0) is 0 Å². The second-order valence-electron chi connectivity index (χ2n) is 4.05. The van der Waals surface area contributed by atoms with Crippen molar-refractivity contribution in [2.75, 3.05) is 18.5 Å². The van der Waals surface area contributed by atoms with Crippen molar-refractivity contribution in [1.82, 2.24) is 9.88 Å². The number of nitrogens with one attached hydrogen (secondary N) is 1. The molecular weight excluding hydrogens is 266 g/mol. The average molecular weight is 282 g/mol. The highest BCUT2D eigenvalue weighted by Crippen LogP contribution is 2.18. The van der Waals surface area contributed by atoms with Crippen LogP contribution in [0.25, 0.3) is 0 Å². The number of nitrogens with zero attached hydrogens (tertiary/aromatic N) is 3. The van der Waals surface area contributed by atoms with E-state index in [0.717, 1.165) is 0 Å². The Balaban J connectivity index is 3.00. The van der Waals surface area contributed by atoms with Crippen molar-refractivity contribution >= 4 is 23.3 Å². The lowest BCUT2D eigenvalue weighted by Gasteiger charge is -2.22. The second-order valence-corrected chi connectivity index (χ2v) is 4.45. The minimum Gasteiger partial charge on any atom is -0.336 e. The molecule has 1 aromatic heterocycles. The van der Waals surface area contributed by atoms with Crippen LogP contribution in [-0.4, -0.2) is 28.9 Å². The summed E-state index contributed by atoms with van der Waals surface area (Å²) in [7, 11) is 0. The number of nitrogens with two attached hydrogens (primary N) is 1. The van der Waals surface area contributed by atoms with E-state index in [9.17, 15) is 4.79 Å². The zero-order valence-corrected chi connectivity index (χ0v) is 11.6. The minimum absolute atomic E-state index is 0.129. The van der Waals surface area contributed by atoms with Crippen LogP contribution in [0.5, 0.6) is 0 Å². The summed E-state index contributed by atoms with van der Waals surface area (Å²) in [6.07, 6.45) is 0. The number of pyridine rings is 1. The predicted molar refractivity (Wildman–Crippen MR) is 73.4 cm³/mol. The molecular formula is C12H16ClN5O. The molecule has 102 valence electrons. The van der Waals surface area contributed by atoms with Crippen molar-refractivity contribution in [3.8, 4) is 6.07 Å². The summed E-state index contributed by atoms with van der Waals surface area (Å²) in [5, 5.41) is 9.07. The van der Waals surface area contributed by atoms with E-state index in [2.05, 4.69) is 16.5 Å². The Kier molecular flexibility index (Phi) is 5.55. The normalized spacial score (nSPS) is 11.5. The summed E-state index contributed by atoms with van der Waals surface area (Å²) in [6.45, 7) is 4.40. The van der Waals surface area contributed by atoms with Crippen molar-refractivity contribution < 1.29 is 4.79 Å². The fraction of sp³-hybridized carbons (Fsp3) is 0.417. The van der Waals surface area contributed by atoms with Gasteiger partial charge < -0.3 is 10.3 Å². The molecule has 0 fully saturated rings. The Labute approximate surface area is 117 Å². The van der Waals surface area contributed by atoms with Gasteiger partial charge in [0.25, 0.3) is 5.91 Å². The van der Waals surface area contributed by atoms with E-state index in [1.54, 1.807) is 19.1 Å². The number of hydrogen-bond donors (Lipinski definition) is 2. The average Bonchev–Trinajstić information content (AvgIpc) is 2.44. The molecule has 7 heteroatoms. The second kappa shape index (κ2) is 6.92. The quantitative estimate of drug-likeness (QED) is 0.632. The molecule has 0 saturated carbocycles. The summed E-state index contributed by atoms with van der Waals surface area (Å²) in [5.41, 5.74) is 2.49. The van der Waals surface area contributed by atoms with Crippen LogP contribution in [0.4, 0.5) is 5.82 Å². The van der Waals surface area contributed by atoms with Gasteiger partial charge in [-0.15, -0.1) is 0 Å². The Bertz CT molecular complexity index is 499. The Hall–Kier alpha value is -1.84. The van der Waals surface area contributed by atoms with Gasteiger partial charge in [0.2, 0.25) is 0 Å². The molecule has 1 unspecified atom stereocenters. The SMILES string of the molecule is CCN(CC(C)C#N)C(=O)c1nc(NN)ccc1Cl. The number of amides is 1. The van der Waals surface area contributed by atoms with E-state index < -0.39 is 0 Å². The number of rotatable bonds is 5. The summed E-state index contributed by atoms with van der Waals surface area (Å²) < 4.78 is 0. The van der Waals surface area contributed by atoms with E-state index in [0.29, 0.717) is 18.9 Å². The van der Waals surface area contributed by atoms with Gasteiger partial charge in [-0.2, -0.15) is 5.26 Å². The Morgan fingerprint density at radius 1 is 1.68 bits per heavy atom. The summed E-state index contributed by atoms with van der Waals surface area (Å²) >= 11 is 5.98. The predicted octanol–water partition coefficient (Wildman–Crippen LogP) is 1.64. The Morgan fingerprint density at radius 3 is 2.89 bits per heavy atom. The maximum absolute atomic E-state index is 12.3. The molecule has 6 nitrogen and oxygen atoms in total. The molecule has 1 aromatic rings. The number of carbonyl (C=O) groups excluding carboxylic acids is 1. The van der Waals surface area contributed by atoms with Gasteiger partial charge in [-0.1, -0.05) is 11.6 Å². The molecule has 1 rings (SSSR count). The fourth-order valence-electron chi connectivity index (χ4n) is 1.55. The van der Waals surface area contributed by atoms with Crippen LogP contribution in [0, 0.1) is 17.2 Å². The first-order valence-corrected chi connectivity index (χ1v) is 6.23. The third-order valence-corrected chi connectivity index (χ3v) is 2.89. The first-order chi connectivity index (χ1) is 9.03. The molecule has 0 aliphatic carbocycles. The maximum Gasteiger partial charge on any atom is 0.274 e. The lowest BCUT2D eigenvalue weighted by Crippen LogP contribution is -2.35. The summed E-state index contributed by atoms with van der Waals surface area (Å²) in [4.78, 5) is 17.9. The van der Waals surface area contributed by atoms with Crippen LogP contribution in [0.2, 0.25) is 5.02 Å². The van der Waals surface area contributed by atoms with Gasteiger partial charge in [-0.05, 0) is 26.0 Å². The molecule has 0 bridgehead atoms. The van der Waals surface area contributed by atoms with E-state index in [1.807, 2.05) is 6.92 Å². The van der Waals surface area contributed by atoms with Crippen molar-refractivity contribution in [2.45, 2.75) is 13.8 Å². The summed E-state index contributed by atoms with van der Waals surface area (Å²) in [6, 6.07) is 5.22. The molecule has 19 heavy (non-hydrogen) atoms. The highest BCUT2D eigenvalue weighted by atomic mass is 35.5. The fourth-order valence-corrected chi connectivity index (χ4v) is 1.74. The molecule has 0 aromatic carbocycles. The number of carbonyl (C=O) groups is 1. The topological polar surface area (TPSA) is 95.0 Å². The molecule has 1 atom stereocenters. The molecule has 0 spiro atoms. The first kappa shape index (κ1) is 15.2. The number of aromatic nitrogens is 1. The lowest BCUT2D eigenvalue weighted by atomic mass is 10.2. The summed E-state index contributed by atoms with van der Waals surface area (Å²) in [5.74, 6) is 5.05. The van der Waals surface area contributed by atoms with Gasteiger partial charge in [0.15, 0.2) is 0 Å². The monoisotopic (exact) mass is 281 g/mol. The number of anilines is 1. The minimum atomic E-state index is -0.313. The van der Waals surface area contributed by atoms with Crippen LogP contribution in [0.3, 0.4) is 0 Å². The van der Waals surface area contributed by atoms with Crippen LogP contribution < -0.4 is 11.3 Å². The van der Waals surface area contributed by atoms with E-state index in [4.69, 9.17) is 22.7 Å². The standard InChI is InChI=1S/C12H16ClN5O/c1-3-18(7-8(2)6-14)12(19)11-9(13)4-5-10(16-11)17-15/h4-5,8H,3,7,15H2,1-2H3,(H,16,17). The molecule has 0 aliphatic rings. The largest absolute Gasteiger partial charge is 0.336 e. The Morgan fingerprint density at radius 2 is 2.37 bits per heavy atom. The van der Waals surface area contributed by atoms with Crippen LogP contribution >= 0.6 is 11.6 Å². The smallest absolute Gasteiger partial charge is 0.274 e. The van der Waals surface area contributed by atoms with Crippen molar-refractivity contribution in [3.05, 3.63) is 22.8 Å². The molecule has 0 aliphatic heterocycles. The van der Waals surface area contributed by atoms with Gasteiger partial charge in [0.1, 0.15) is 11.5 Å².